The maximum Gasteiger partial charge on any atom is 0.127 e. The standard InChI is InChI=1S/C14H14ClFN2/c15-12-4-3-11(14(16)8-12)7-13(17)6-10-2-1-5-18-9-10/h1-5,8-9,13H,6-7,17H2. The third-order valence-electron chi connectivity index (χ3n) is 2.72. The molecule has 0 aliphatic heterocycles. The number of pyridine rings is 1. The summed E-state index contributed by atoms with van der Waals surface area (Å²) in [6.07, 6.45) is 4.65. The zero-order chi connectivity index (χ0) is 13.0. The van der Waals surface area contributed by atoms with Crippen molar-refractivity contribution in [2.45, 2.75) is 18.9 Å². The van der Waals surface area contributed by atoms with Crippen LogP contribution in [-0.4, -0.2) is 11.0 Å². The second kappa shape index (κ2) is 5.94. The lowest BCUT2D eigenvalue weighted by atomic mass is 10.0. The second-order valence-corrected chi connectivity index (χ2v) is 4.70. The molecule has 94 valence electrons. The fourth-order valence-corrected chi connectivity index (χ4v) is 2.02. The van der Waals surface area contributed by atoms with Gasteiger partial charge in [0.2, 0.25) is 0 Å². The molecule has 0 amide bonds. The first-order valence-corrected chi connectivity index (χ1v) is 6.11. The van der Waals surface area contributed by atoms with Gasteiger partial charge in [0.25, 0.3) is 0 Å². The van der Waals surface area contributed by atoms with Gasteiger partial charge in [-0.2, -0.15) is 0 Å². The molecule has 0 bridgehead atoms. The van der Waals surface area contributed by atoms with Gasteiger partial charge in [0.15, 0.2) is 0 Å². The van der Waals surface area contributed by atoms with E-state index in [9.17, 15) is 4.39 Å². The fraction of sp³-hybridized carbons (Fsp3) is 0.214. The third-order valence-corrected chi connectivity index (χ3v) is 2.95. The van der Waals surface area contributed by atoms with Gasteiger partial charge in [0.05, 0.1) is 0 Å². The summed E-state index contributed by atoms with van der Waals surface area (Å²) in [4.78, 5) is 4.03. The minimum absolute atomic E-state index is 0.134. The van der Waals surface area contributed by atoms with Crippen molar-refractivity contribution in [2.75, 3.05) is 0 Å². The topological polar surface area (TPSA) is 38.9 Å². The molecule has 0 fully saturated rings. The quantitative estimate of drug-likeness (QED) is 0.922. The summed E-state index contributed by atoms with van der Waals surface area (Å²) in [5, 5.41) is 0.400. The molecule has 18 heavy (non-hydrogen) atoms. The van der Waals surface area contributed by atoms with Crippen molar-refractivity contribution < 1.29 is 4.39 Å². The van der Waals surface area contributed by atoms with E-state index in [0.29, 0.717) is 23.4 Å². The van der Waals surface area contributed by atoms with Crippen molar-refractivity contribution in [1.82, 2.24) is 4.98 Å². The summed E-state index contributed by atoms with van der Waals surface area (Å²) in [6, 6.07) is 8.37. The van der Waals surface area contributed by atoms with Crippen molar-refractivity contribution in [3.05, 3.63) is 64.7 Å². The Hall–Kier alpha value is -1.45. The average molecular weight is 265 g/mol. The Morgan fingerprint density at radius 2 is 2.11 bits per heavy atom. The number of aromatic nitrogens is 1. The highest BCUT2D eigenvalue weighted by atomic mass is 35.5. The first-order chi connectivity index (χ1) is 8.65. The van der Waals surface area contributed by atoms with Crippen LogP contribution in [0.5, 0.6) is 0 Å². The van der Waals surface area contributed by atoms with E-state index >= 15 is 0 Å². The molecule has 2 N–H and O–H groups in total. The van der Waals surface area contributed by atoms with Crippen LogP contribution in [0, 0.1) is 5.82 Å². The van der Waals surface area contributed by atoms with Gasteiger partial charge in [0.1, 0.15) is 5.82 Å². The van der Waals surface area contributed by atoms with E-state index in [-0.39, 0.29) is 11.9 Å². The lowest BCUT2D eigenvalue weighted by Crippen LogP contribution is -2.26. The van der Waals surface area contributed by atoms with Crippen molar-refractivity contribution in [3.8, 4) is 0 Å². The van der Waals surface area contributed by atoms with E-state index in [2.05, 4.69) is 4.98 Å². The fourth-order valence-electron chi connectivity index (χ4n) is 1.86. The number of hydrogen-bond acceptors (Lipinski definition) is 2. The maximum absolute atomic E-state index is 13.6. The molecule has 0 spiro atoms. The number of benzene rings is 1. The Balaban J connectivity index is 2.01. The molecular formula is C14H14ClFN2. The molecule has 1 heterocycles. The van der Waals surface area contributed by atoms with Gasteiger partial charge in [-0.3, -0.25) is 4.98 Å². The van der Waals surface area contributed by atoms with Crippen LogP contribution < -0.4 is 5.73 Å². The van der Waals surface area contributed by atoms with Crippen LogP contribution in [-0.2, 0) is 12.8 Å². The predicted molar refractivity (Wildman–Crippen MR) is 71.0 cm³/mol. The van der Waals surface area contributed by atoms with Crippen molar-refractivity contribution in [2.24, 2.45) is 5.73 Å². The molecule has 0 saturated carbocycles. The van der Waals surface area contributed by atoms with E-state index in [1.165, 1.54) is 6.07 Å². The van der Waals surface area contributed by atoms with E-state index < -0.39 is 0 Å². The van der Waals surface area contributed by atoms with Gasteiger partial charge in [-0.05, 0) is 42.2 Å². The van der Waals surface area contributed by atoms with Crippen LogP contribution >= 0.6 is 11.6 Å². The highest BCUT2D eigenvalue weighted by Gasteiger charge is 2.09. The van der Waals surface area contributed by atoms with Gasteiger partial charge >= 0.3 is 0 Å². The van der Waals surface area contributed by atoms with Crippen molar-refractivity contribution in [1.29, 1.82) is 0 Å². The lowest BCUT2D eigenvalue weighted by molar-refractivity contribution is 0.584. The molecule has 4 heteroatoms. The van der Waals surface area contributed by atoms with Crippen molar-refractivity contribution in [3.63, 3.8) is 0 Å². The number of hydrogen-bond donors (Lipinski definition) is 1. The molecule has 1 unspecified atom stereocenters. The first kappa shape index (κ1) is 13.0. The number of nitrogens with zero attached hydrogens (tertiary/aromatic N) is 1. The van der Waals surface area contributed by atoms with Gasteiger partial charge in [-0.1, -0.05) is 23.7 Å². The van der Waals surface area contributed by atoms with Gasteiger partial charge in [-0.15, -0.1) is 0 Å². The van der Waals surface area contributed by atoms with Gasteiger partial charge < -0.3 is 5.73 Å². The van der Waals surface area contributed by atoms with Crippen LogP contribution in [0.4, 0.5) is 4.39 Å². The average Bonchev–Trinajstić information content (AvgIpc) is 2.34. The Kier molecular flexibility index (Phi) is 4.28. The maximum atomic E-state index is 13.6. The largest absolute Gasteiger partial charge is 0.327 e. The van der Waals surface area contributed by atoms with Crippen LogP contribution in [0.2, 0.25) is 5.02 Å². The molecule has 1 aromatic heterocycles. The Labute approximate surface area is 111 Å². The summed E-state index contributed by atoms with van der Waals surface area (Å²) in [5.74, 6) is -0.302. The summed E-state index contributed by atoms with van der Waals surface area (Å²) >= 11 is 5.70. The highest BCUT2D eigenvalue weighted by molar-refractivity contribution is 6.30. The van der Waals surface area contributed by atoms with Crippen LogP contribution in [0.3, 0.4) is 0 Å². The number of nitrogens with two attached hydrogens (primary N) is 1. The predicted octanol–water partition coefficient (Wildman–Crippen LogP) is 2.99. The monoisotopic (exact) mass is 264 g/mol. The first-order valence-electron chi connectivity index (χ1n) is 5.73. The van der Waals surface area contributed by atoms with E-state index in [4.69, 9.17) is 17.3 Å². The highest BCUT2D eigenvalue weighted by Crippen LogP contribution is 2.16. The molecule has 2 aromatic rings. The van der Waals surface area contributed by atoms with Crippen LogP contribution in [0.1, 0.15) is 11.1 Å². The van der Waals surface area contributed by atoms with E-state index in [1.54, 1.807) is 24.5 Å². The molecule has 0 saturated heterocycles. The van der Waals surface area contributed by atoms with Gasteiger partial charge in [0, 0.05) is 23.5 Å². The zero-order valence-electron chi connectivity index (χ0n) is 9.81. The summed E-state index contributed by atoms with van der Waals surface area (Å²) in [6.45, 7) is 0. The summed E-state index contributed by atoms with van der Waals surface area (Å²) in [7, 11) is 0. The van der Waals surface area contributed by atoms with E-state index in [0.717, 1.165) is 5.56 Å². The van der Waals surface area contributed by atoms with Gasteiger partial charge in [-0.25, -0.2) is 4.39 Å². The second-order valence-electron chi connectivity index (χ2n) is 4.27. The van der Waals surface area contributed by atoms with Crippen LogP contribution in [0.15, 0.2) is 42.7 Å². The lowest BCUT2D eigenvalue weighted by Gasteiger charge is -2.12. The smallest absolute Gasteiger partial charge is 0.127 e. The minimum atomic E-state index is -0.302. The Morgan fingerprint density at radius 3 is 2.78 bits per heavy atom. The molecule has 1 aromatic carbocycles. The van der Waals surface area contributed by atoms with Crippen LogP contribution in [0.25, 0.3) is 0 Å². The Bertz CT molecular complexity index is 516. The van der Waals surface area contributed by atoms with Crippen molar-refractivity contribution >= 4 is 11.6 Å². The zero-order valence-corrected chi connectivity index (χ0v) is 10.6. The summed E-state index contributed by atoms with van der Waals surface area (Å²) in [5.41, 5.74) is 7.67. The molecule has 0 aliphatic rings. The number of halogens is 2. The van der Waals surface area contributed by atoms with E-state index in [1.807, 2.05) is 12.1 Å². The molecule has 2 nitrogen and oxygen atoms in total. The molecule has 0 radical (unpaired) electrons. The number of rotatable bonds is 4. The summed E-state index contributed by atoms with van der Waals surface area (Å²) < 4.78 is 13.6. The normalized spacial score (nSPS) is 12.4. The minimum Gasteiger partial charge on any atom is -0.327 e. The third kappa shape index (κ3) is 3.52. The molecule has 2 rings (SSSR count). The molecule has 1 atom stereocenters. The molecule has 0 aliphatic carbocycles. The Morgan fingerprint density at radius 1 is 1.28 bits per heavy atom. The SMILES string of the molecule is NC(Cc1cccnc1)Cc1ccc(Cl)cc1F. The molecular weight excluding hydrogens is 251 g/mol.